The van der Waals surface area contributed by atoms with Crippen molar-refractivity contribution in [3.63, 3.8) is 0 Å². The van der Waals surface area contributed by atoms with Gasteiger partial charge in [0, 0.05) is 11.5 Å². The highest BCUT2D eigenvalue weighted by Gasteiger charge is 2.30. The molecule has 1 fully saturated rings. The Labute approximate surface area is 104 Å². The lowest BCUT2D eigenvalue weighted by atomic mass is 9.88. The Kier molecular flexibility index (Phi) is 5.10. The molecule has 2 atom stereocenters. The van der Waals surface area contributed by atoms with Gasteiger partial charge in [0.25, 0.3) is 0 Å². The van der Waals surface area contributed by atoms with Crippen molar-refractivity contribution in [1.29, 1.82) is 0 Å². The van der Waals surface area contributed by atoms with Crippen LogP contribution in [0.25, 0.3) is 0 Å². The SMILES string of the molecule is CCC(C)(C)C(=O)NC1CCCCCC1Cl. The number of hydrogen-bond acceptors (Lipinski definition) is 1. The van der Waals surface area contributed by atoms with E-state index in [0.29, 0.717) is 0 Å². The fourth-order valence-corrected chi connectivity index (χ4v) is 2.29. The van der Waals surface area contributed by atoms with Crippen LogP contribution >= 0.6 is 11.6 Å². The van der Waals surface area contributed by atoms with E-state index in [9.17, 15) is 4.79 Å². The maximum Gasteiger partial charge on any atom is 0.225 e. The van der Waals surface area contributed by atoms with E-state index in [1.165, 1.54) is 19.3 Å². The van der Waals surface area contributed by atoms with E-state index in [0.717, 1.165) is 19.3 Å². The molecule has 0 bridgehead atoms. The molecule has 1 N–H and O–H groups in total. The van der Waals surface area contributed by atoms with Crippen molar-refractivity contribution < 1.29 is 4.79 Å². The Balaban J connectivity index is 2.54. The monoisotopic (exact) mass is 245 g/mol. The van der Waals surface area contributed by atoms with Crippen molar-refractivity contribution in [3.8, 4) is 0 Å². The third-order valence-corrected chi connectivity index (χ3v) is 4.27. The molecule has 0 radical (unpaired) electrons. The second kappa shape index (κ2) is 5.90. The van der Waals surface area contributed by atoms with Crippen molar-refractivity contribution in [3.05, 3.63) is 0 Å². The highest BCUT2D eigenvalue weighted by Crippen LogP contribution is 2.25. The van der Waals surface area contributed by atoms with Crippen LogP contribution in [0.15, 0.2) is 0 Å². The Morgan fingerprint density at radius 3 is 2.56 bits per heavy atom. The van der Waals surface area contributed by atoms with Gasteiger partial charge in [-0.2, -0.15) is 0 Å². The number of nitrogens with one attached hydrogen (secondary N) is 1. The number of halogens is 1. The Hall–Kier alpha value is -0.240. The summed E-state index contributed by atoms with van der Waals surface area (Å²) in [6, 6.07) is 0.169. The predicted molar refractivity (Wildman–Crippen MR) is 68.7 cm³/mol. The number of carbonyl (C=O) groups is 1. The molecule has 0 aromatic carbocycles. The molecule has 0 heterocycles. The van der Waals surface area contributed by atoms with Crippen LogP contribution in [-0.4, -0.2) is 17.3 Å². The lowest BCUT2D eigenvalue weighted by Gasteiger charge is -2.27. The average Bonchev–Trinajstić information content (AvgIpc) is 2.44. The highest BCUT2D eigenvalue weighted by molar-refractivity contribution is 6.21. The molecule has 3 heteroatoms. The summed E-state index contributed by atoms with van der Waals surface area (Å²) in [4.78, 5) is 12.1. The molecule has 0 aromatic rings. The van der Waals surface area contributed by atoms with Crippen LogP contribution in [0.4, 0.5) is 0 Å². The number of amides is 1. The molecular weight excluding hydrogens is 222 g/mol. The molecule has 2 nitrogen and oxygen atoms in total. The molecular formula is C13H24ClNO. The van der Waals surface area contributed by atoms with Crippen molar-refractivity contribution in [2.75, 3.05) is 0 Å². The molecule has 0 saturated heterocycles. The van der Waals surface area contributed by atoms with Crippen LogP contribution in [-0.2, 0) is 4.79 Å². The van der Waals surface area contributed by atoms with E-state index in [-0.39, 0.29) is 22.7 Å². The Morgan fingerprint density at radius 1 is 1.31 bits per heavy atom. The van der Waals surface area contributed by atoms with E-state index >= 15 is 0 Å². The van der Waals surface area contributed by atoms with Gasteiger partial charge in [0.1, 0.15) is 0 Å². The third kappa shape index (κ3) is 3.65. The highest BCUT2D eigenvalue weighted by atomic mass is 35.5. The molecule has 16 heavy (non-hydrogen) atoms. The van der Waals surface area contributed by atoms with E-state index in [4.69, 9.17) is 11.6 Å². The van der Waals surface area contributed by atoms with Crippen LogP contribution in [0.2, 0.25) is 0 Å². The summed E-state index contributed by atoms with van der Waals surface area (Å²) in [5, 5.41) is 3.24. The summed E-state index contributed by atoms with van der Waals surface area (Å²) >= 11 is 6.31. The zero-order chi connectivity index (χ0) is 12.2. The van der Waals surface area contributed by atoms with Gasteiger partial charge in [-0.25, -0.2) is 0 Å². The maximum atomic E-state index is 12.1. The minimum atomic E-state index is -0.275. The van der Waals surface area contributed by atoms with Crippen LogP contribution in [0, 0.1) is 5.41 Å². The molecule has 1 rings (SSSR count). The van der Waals surface area contributed by atoms with Gasteiger partial charge in [-0.1, -0.05) is 40.0 Å². The smallest absolute Gasteiger partial charge is 0.225 e. The Morgan fingerprint density at radius 2 is 1.94 bits per heavy atom. The van der Waals surface area contributed by atoms with Crippen molar-refractivity contribution in [1.82, 2.24) is 5.32 Å². The van der Waals surface area contributed by atoms with Gasteiger partial charge in [-0.3, -0.25) is 4.79 Å². The second-order valence-corrected chi connectivity index (χ2v) is 6.03. The van der Waals surface area contributed by atoms with Gasteiger partial charge in [0.2, 0.25) is 5.91 Å². The van der Waals surface area contributed by atoms with E-state index in [1.54, 1.807) is 0 Å². The van der Waals surface area contributed by atoms with Crippen LogP contribution in [0.1, 0.15) is 59.3 Å². The first-order valence-corrected chi connectivity index (χ1v) is 6.86. The van der Waals surface area contributed by atoms with E-state index in [2.05, 4.69) is 5.32 Å². The summed E-state index contributed by atoms with van der Waals surface area (Å²) in [6.45, 7) is 6.02. The zero-order valence-electron chi connectivity index (χ0n) is 10.7. The summed E-state index contributed by atoms with van der Waals surface area (Å²) in [5.74, 6) is 0.146. The van der Waals surface area contributed by atoms with Gasteiger partial charge in [0.05, 0.1) is 5.38 Å². The zero-order valence-corrected chi connectivity index (χ0v) is 11.4. The normalized spacial score (nSPS) is 27.2. The van der Waals surface area contributed by atoms with Gasteiger partial charge in [-0.05, 0) is 19.3 Å². The number of hydrogen-bond donors (Lipinski definition) is 1. The molecule has 1 aliphatic rings. The topological polar surface area (TPSA) is 29.1 Å². The van der Waals surface area contributed by atoms with Crippen LogP contribution in [0.5, 0.6) is 0 Å². The van der Waals surface area contributed by atoms with Crippen molar-refractivity contribution in [2.24, 2.45) is 5.41 Å². The van der Waals surface area contributed by atoms with E-state index < -0.39 is 0 Å². The lowest BCUT2D eigenvalue weighted by Crippen LogP contribution is -2.46. The number of carbonyl (C=O) groups excluding carboxylic acids is 1. The standard InChI is InChI=1S/C13H24ClNO/c1-4-13(2,3)12(16)15-11-9-7-5-6-8-10(11)14/h10-11H,4-9H2,1-3H3,(H,15,16). The quantitative estimate of drug-likeness (QED) is 0.599. The summed E-state index contributed by atoms with van der Waals surface area (Å²) < 4.78 is 0. The first-order valence-electron chi connectivity index (χ1n) is 6.42. The van der Waals surface area contributed by atoms with Crippen LogP contribution in [0.3, 0.4) is 0 Å². The fraction of sp³-hybridized carbons (Fsp3) is 0.923. The van der Waals surface area contributed by atoms with Gasteiger partial charge in [-0.15, -0.1) is 11.6 Å². The lowest BCUT2D eigenvalue weighted by molar-refractivity contribution is -0.130. The van der Waals surface area contributed by atoms with Gasteiger partial charge >= 0.3 is 0 Å². The first-order chi connectivity index (χ1) is 7.47. The summed E-state index contributed by atoms with van der Waals surface area (Å²) in [7, 11) is 0. The molecule has 2 unspecified atom stereocenters. The molecule has 0 aromatic heterocycles. The maximum absolute atomic E-state index is 12.1. The summed E-state index contributed by atoms with van der Waals surface area (Å²) in [5.41, 5.74) is -0.275. The average molecular weight is 246 g/mol. The molecule has 0 spiro atoms. The van der Waals surface area contributed by atoms with Crippen molar-refractivity contribution >= 4 is 17.5 Å². The predicted octanol–water partition coefficient (Wildman–Crippen LogP) is 3.48. The molecule has 1 amide bonds. The van der Waals surface area contributed by atoms with Crippen LogP contribution < -0.4 is 5.32 Å². The molecule has 94 valence electrons. The first kappa shape index (κ1) is 13.8. The van der Waals surface area contributed by atoms with E-state index in [1.807, 2.05) is 20.8 Å². The number of alkyl halides is 1. The second-order valence-electron chi connectivity index (χ2n) is 5.47. The third-order valence-electron chi connectivity index (χ3n) is 3.75. The molecule has 0 aliphatic heterocycles. The van der Waals surface area contributed by atoms with Gasteiger partial charge < -0.3 is 5.32 Å². The largest absolute Gasteiger partial charge is 0.351 e. The minimum absolute atomic E-state index is 0.110. The molecule has 1 aliphatic carbocycles. The number of rotatable bonds is 3. The fourth-order valence-electron chi connectivity index (χ4n) is 1.95. The summed E-state index contributed by atoms with van der Waals surface area (Å²) in [6.07, 6.45) is 6.53. The van der Waals surface area contributed by atoms with Gasteiger partial charge in [0.15, 0.2) is 0 Å². The Bertz CT molecular complexity index is 240. The molecule has 1 saturated carbocycles. The van der Waals surface area contributed by atoms with Crippen molar-refractivity contribution in [2.45, 2.75) is 70.7 Å². The minimum Gasteiger partial charge on any atom is -0.351 e.